The van der Waals surface area contributed by atoms with Crippen LogP contribution in [0.25, 0.3) is 0 Å². The van der Waals surface area contributed by atoms with Crippen LogP contribution in [0.15, 0.2) is 29.6 Å². The van der Waals surface area contributed by atoms with E-state index >= 15 is 0 Å². The summed E-state index contributed by atoms with van der Waals surface area (Å²) in [7, 11) is 0. The van der Waals surface area contributed by atoms with E-state index in [1.807, 2.05) is 17.5 Å². The van der Waals surface area contributed by atoms with Crippen molar-refractivity contribution in [3.05, 3.63) is 51.7 Å². The monoisotopic (exact) mass is 270 g/mol. The summed E-state index contributed by atoms with van der Waals surface area (Å²) in [6.45, 7) is -0.184. The molecule has 0 fully saturated rings. The van der Waals surface area contributed by atoms with E-state index in [9.17, 15) is 8.78 Å². The van der Waals surface area contributed by atoms with Gasteiger partial charge in [0, 0.05) is 11.3 Å². The minimum Gasteiger partial charge on any atom is -0.487 e. The minimum atomic E-state index is -0.787. The Morgan fingerprint density at radius 1 is 1.22 bits per heavy atom. The molecule has 2 nitrogen and oxygen atoms in total. The quantitative estimate of drug-likeness (QED) is 0.904. The van der Waals surface area contributed by atoms with Gasteiger partial charge >= 0.3 is 0 Å². The zero-order chi connectivity index (χ0) is 13.0. The lowest BCUT2D eigenvalue weighted by atomic mass is 10.2. The second-order valence-electron chi connectivity index (χ2n) is 3.72. The summed E-state index contributed by atoms with van der Waals surface area (Å²) in [4.78, 5) is 1.10. The second-order valence-corrected chi connectivity index (χ2v) is 4.76. The van der Waals surface area contributed by atoms with Crippen molar-refractivity contribution in [2.75, 3.05) is 6.61 Å². The van der Waals surface area contributed by atoms with Crippen molar-refractivity contribution in [3.63, 3.8) is 0 Å². The molecule has 0 unspecified atom stereocenters. The van der Waals surface area contributed by atoms with Crippen LogP contribution in [0, 0.1) is 11.6 Å². The Morgan fingerprint density at radius 3 is 2.50 bits per heavy atom. The predicted molar refractivity (Wildman–Crippen MR) is 65.8 cm³/mol. The molecule has 96 valence electrons. The van der Waals surface area contributed by atoms with Crippen LogP contribution in [0.4, 0.5) is 8.78 Å². The van der Waals surface area contributed by atoms with Crippen molar-refractivity contribution < 1.29 is 18.6 Å². The molecule has 0 aliphatic heterocycles. The Hall–Kier alpha value is -1.46. The number of hydrogen-bond donors (Lipinski definition) is 1. The fourth-order valence-electron chi connectivity index (χ4n) is 1.55. The molecule has 0 radical (unpaired) electrons. The molecule has 1 aromatic heterocycles. The second kappa shape index (κ2) is 5.93. The lowest BCUT2D eigenvalue weighted by Gasteiger charge is -2.09. The van der Waals surface area contributed by atoms with E-state index in [-0.39, 0.29) is 17.9 Å². The molecule has 0 bridgehead atoms. The molecule has 18 heavy (non-hydrogen) atoms. The summed E-state index contributed by atoms with van der Waals surface area (Å²) in [5.41, 5.74) is 0.190. The molecule has 0 saturated carbocycles. The molecule has 0 spiro atoms. The van der Waals surface area contributed by atoms with E-state index in [4.69, 9.17) is 9.84 Å². The number of ether oxygens (including phenoxy) is 1. The van der Waals surface area contributed by atoms with Crippen molar-refractivity contribution in [2.24, 2.45) is 0 Å². The van der Waals surface area contributed by atoms with Crippen LogP contribution in [0.3, 0.4) is 0 Å². The van der Waals surface area contributed by atoms with Crippen molar-refractivity contribution in [1.29, 1.82) is 0 Å². The van der Waals surface area contributed by atoms with Crippen molar-refractivity contribution in [1.82, 2.24) is 0 Å². The van der Waals surface area contributed by atoms with Crippen molar-refractivity contribution >= 4 is 11.3 Å². The Bertz CT molecular complexity index is 489. The normalized spacial score (nSPS) is 10.6. The molecule has 2 rings (SSSR count). The van der Waals surface area contributed by atoms with E-state index in [1.165, 1.54) is 0 Å². The summed E-state index contributed by atoms with van der Waals surface area (Å²) in [5, 5.41) is 10.7. The fourth-order valence-corrected chi connectivity index (χ4v) is 2.24. The number of aliphatic hydroxyl groups is 1. The van der Waals surface area contributed by atoms with Gasteiger partial charge in [0.15, 0.2) is 17.4 Å². The van der Waals surface area contributed by atoms with Crippen LogP contribution in [0.2, 0.25) is 0 Å². The van der Waals surface area contributed by atoms with E-state index < -0.39 is 18.2 Å². The lowest BCUT2D eigenvalue weighted by Crippen LogP contribution is -2.04. The van der Waals surface area contributed by atoms with Gasteiger partial charge in [0.25, 0.3) is 0 Å². The number of thiophene rings is 1. The van der Waals surface area contributed by atoms with Crippen LogP contribution in [-0.2, 0) is 13.0 Å². The van der Waals surface area contributed by atoms with Crippen LogP contribution in [0.1, 0.15) is 10.4 Å². The average molecular weight is 270 g/mol. The van der Waals surface area contributed by atoms with Crippen molar-refractivity contribution in [3.8, 4) is 5.75 Å². The molecule has 1 aromatic carbocycles. The average Bonchev–Trinajstić information content (AvgIpc) is 2.85. The third kappa shape index (κ3) is 3.05. The molecular formula is C13H12F2O2S. The molecule has 1 N–H and O–H groups in total. The van der Waals surface area contributed by atoms with Gasteiger partial charge in [-0.05, 0) is 29.1 Å². The molecule has 0 saturated heterocycles. The molecule has 0 amide bonds. The Balaban J connectivity index is 2.01. The first-order valence-electron chi connectivity index (χ1n) is 5.44. The topological polar surface area (TPSA) is 29.5 Å². The number of hydrogen-bond acceptors (Lipinski definition) is 3. The van der Waals surface area contributed by atoms with Crippen LogP contribution in [0.5, 0.6) is 5.75 Å². The third-order valence-electron chi connectivity index (χ3n) is 2.42. The molecule has 0 atom stereocenters. The highest BCUT2D eigenvalue weighted by Gasteiger charge is 2.12. The Kier molecular flexibility index (Phi) is 4.28. The van der Waals surface area contributed by atoms with Gasteiger partial charge < -0.3 is 9.84 Å². The van der Waals surface area contributed by atoms with Crippen LogP contribution in [-0.4, -0.2) is 11.7 Å². The first-order chi connectivity index (χ1) is 8.70. The molecular weight excluding hydrogens is 258 g/mol. The van der Waals surface area contributed by atoms with Crippen LogP contribution < -0.4 is 4.74 Å². The lowest BCUT2D eigenvalue weighted by molar-refractivity contribution is 0.273. The van der Waals surface area contributed by atoms with Gasteiger partial charge in [-0.2, -0.15) is 0 Å². The van der Waals surface area contributed by atoms with Crippen LogP contribution >= 0.6 is 11.3 Å². The summed E-state index contributed by atoms with van der Waals surface area (Å²) < 4.78 is 32.1. The molecule has 1 heterocycles. The zero-order valence-electron chi connectivity index (χ0n) is 9.53. The predicted octanol–water partition coefficient (Wildman–Crippen LogP) is 3.14. The highest BCUT2D eigenvalue weighted by Crippen LogP contribution is 2.23. The van der Waals surface area contributed by atoms with E-state index in [1.54, 1.807) is 11.3 Å². The zero-order valence-corrected chi connectivity index (χ0v) is 10.3. The molecule has 0 aliphatic rings. The van der Waals surface area contributed by atoms with E-state index in [0.29, 0.717) is 6.42 Å². The standard InChI is InChI=1S/C13H12F2O2S/c14-11-6-9(8-16)7-12(15)13(11)17-4-3-10-2-1-5-18-10/h1-2,5-7,16H,3-4,8H2. The molecule has 0 aliphatic carbocycles. The summed E-state index contributed by atoms with van der Waals surface area (Å²) in [6, 6.07) is 6.00. The van der Waals surface area contributed by atoms with E-state index in [2.05, 4.69) is 0 Å². The first kappa shape index (κ1) is 13.0. The first-order valence-corrected chi connectivity index (χ1v) is 6.32. The highest BCUT2D eigenvalue weighted by molar-refractivity contribution is 7.09. The minimum absolute atomic E-state index is 0.190. The number of rotatable bonds is 5. The van der Waals surface area contributed by atoms with Crippen molar-refractivity contribution in [2.45, 2.75) is 13.0 Å². The molecule has 5 heteroatoms. The fraction of sp³-hybridized carbons (Fsp3) is 0.231. The maximum atomic E-state index is 13.5. The van der Waals surface area contributed by atoms with Gasteiger partial charge in [0.2, 0.25) is 0 Å². The Labute approximate surface area is 107 Å². The number of aliphatic hydroxyl groups excluding tert-OH is 1. The molecule has 2 aromatic rings. The van der Waals surface area contributed by atoms with Gasteiger partial charge in [-0.1, -0.05) is 6.07 Å². The largest absolute Gasteiger partial charge is 0.487 e. The van der Waals surface area contributed by atoms with Gasteiger partial charge in [-0.25, -0.2) is 8.78 Å². The Morgan fingerprint density at radius 2 is 1.94 bits per heavy atom. The highest BCUT2D eigenvalue weighted by atomic mass is 32.1. The smallest absolute Gasteiger partial charge is 0.190 e. The van der Waals surface area contributed by atoms with Gasteiger partial charge in [0.1, 0.15) is 0 Å². The van der Waals surface area contributed by atoms with Gasteiger partial charge in [-0.3, -0.25) is 0 Å². The van der Waals surface area contributed by atoms with E-state index in [0.717, 1.165) is 17.0 Å². The number of halogens is 2. The van der Waals surface area contributed by atoms with Gasteiger partial charge in [0.05, 0.1) is 13.2 Å². The maximum Gasteiger partial charge on any atom is 0.190 e. The summed E-state index contributed by atoms with van der Waals surface area (Å²) in [6.07, 6.45) is 0.609. The SMILES string of the molecule is OCc1cc(F)c(OCCc2cccs2)c(F)c1. The van der Waals surface area contributed by atoms with Gasteiger partial charge in [-0.15, -0.1) is 11.3 Å². The number of benzene rings is 1. The maximum absolute atomic E-state index is 13.5. The summed E-state index contributed by atoms with van der Waals surface area (Å²) >= 11 is 1.57. The third-order valence-corrected chi connectivity index (χ3v) is 3.35. The summed E-state index contributed by atoms with van der Waals surface area (Å²) in [5.74, 6) is -1.96.